The SMILES string of the molecule is C=C(C)C(=O)OC(CCC)OC1(CC)COC1. The topological polar surface area (TPSA) is 44.8 Å². The number of rotatable bonds is 7. The van der Waals surface area contributed by atoms with Gasteiger partial charge in [-0.15, -0.1) is 0 Å². The maximum absolute atomic E-state index is 11.5. The first-order chi connectivity index (χ1) is 8.03. The molecule has 4 heteroatoms. The fourth-order valence-corrected chi connectivity index (χ4v) is 1.56. The monoisotopic (exact) mass is 242 g/mol. The number of carbonyl (C=O) groups excluding carboxylic acids is 1. The van der Waals surface area contributed by atoms with E-state index in [4.69, 9.17) is 14.2 Å². The van der Waals surface area contributed by atoms with Crippen LogP contribution in [0.15, 0.2) is 12.2 Å². The van der Waals surface area contributed by atoms with Gasteiger partial charge in [-0.25, -0.2) is 4.79 Å². The second-order valence-electron chi connectivity index (χ2n) is 4.55. The van der Waals surface area contributed by atoms with E-state index in [2.05, 4.69) is 6.58 Å². The molecular formula is C13H22O4. The largest absolute Gasteiger partial charge is 0.432 e. The summed E-state index contributed by atoms with van der Waals surface area (Å²) in [5.41, 5.74) is 0.125. The third-order valence-corrected chi connectivity index (χ3v) is 2.87. The van der Waals surface area contributed by atoms with Crippen LogP contribution in [-0.2, 0) is 19.0 Å². The van der Waals surface area contributed by atoms with Crippen molar-refractivity contribution in [2.75, 3.05) is 13.2 Å². The third-order valence-electron chi connectivity index (χ3n) is 2.87. The first kappa shape index (κ1) is 14.2. The fraction of sp³-hybridized carbons (Fsp3) is 0.769. The molecule has 0 radical (unpaired) electrons. The van der Waals surface area contributed by atoms with Crippen LogP contribution in [0.25, 0.3) is 0 Å². The molecule has 0 aromatic carbocycles. The summed E-state index contributed by atoms with van der Waals surface area (Å²) in [6.45, 7) is 10.4. The van der Waals surface area contributed by atoms with Crippen LogP contribution >= 0.6 is 0 Å². The van der Waals surface area contributed by atoms with Crippen molar-refractivity contribution in [2.24, 2.45) is 0 Å². The standard InChI is InChI=1S/C13H22O4/c1-5-7-11(16-12(14)10(3)4)17-13(6-2)8-15-9-13/h11H,3,5-9H2,1-2,4H3. The van der Waals surface area contributed by atoms with E-state index in [0.717, 1.165) is 12.8 Å². The van der Waals surface area contributed by atoms with E-state index in [1.165, 1.54) is 0 Å². The first-order valence-electron chi connectivity index (χ1n) is 6.15. The molecule has 0 amide bonds. The molecule has 0 aromatic heterocycles. The Bertz CT molecular complexity index is 276. The summed E-state index contributed by atoms with van der Waals surface area (Å²) in [7, 11) is 0. The summed E-state index contributed by atoms with van der Waals surface area (Å²) in [4.78, 5) is 11.5. The molecular weight excluding hydrogens is 220 g/mol. The van der Waals surface area contributed by atoms with Crippen molar-refractivity contribution in [2.45, 2.75) is 51.9 Å². The van der Waals surface area contributed by atoms with Gasteiger partial charge in [0.2, 0.25) is 6.29 Å². The predicted octanol–water partition coefficient (Wildman–Crippen LogP) is 2.43. The number of hydrogen-bond acceptors (Lipinski definition) is 4. The van der Waals surface area contributed by atoms with E-state index < -0.39 is 12.3 Å². The molecule has 1 aliphatic heterocycles. The van der Waals surface area contributed by atoms with Crippen molar-refractivity contribution in [1.82, 2.24) is 0 Å². The van der Waals surface area contributed by atoms with Crippen LogP contribution < -0.4 is 0 Å². The Kier molecular flexibility index (Phi) is 5.15. The van der Waals surface area contributed by atoms with E-state index in [9.17, 15) is 4.79 Å². The van der Waals surface area contributed by atoms with E-state index in [-0.39, 0.29) is 5.60 Å². The van der Waals surface area contributed by atoms with Gasteiger partial charge in [0.15, 0.2) is 0 Å². The summed E-state index contributed by atoms with van der Waals surface area (Å²) in [6.07, 6.45) is 1.96. The van der Waals surface area contributed by atoms with Crippen molar-refractivity contribution in [3.8, 4) is 0 Å². The molecule has 1 heterocycles. The fourth-order valence-electron chi connectivity index (χ4n) is 1.56. The third kappa shape index (κ3) is 3.82. The van der Waals surface area contributed by atoms with Gasteiger partial charge in [-0.1, -0.05) is 26.8 Å². The highest BCUT2D eigenvalue weighted by Gasteiger charge is 2.40. The Balaban J connectivity index is 2.53. The molecule has 0 N–H and O–H groups in total. The maximum atomic E-state index is 11.5. The average Bonchev–Trinajstić information content (AvgIpc) is 2.23. The van der Waals surface area contributed by atoms with Crippen molar-refractivity contribution < 1.29 is 19.0 Å². The summed E-state index contributed by atoms with van der Waals surface area (Å²) in [6, 6.07) is 0. The van der Waals surface area contributed by atoms with Gasteiger partial charge in [-0.05, 0) is 13.3 Å². The maximum Gasteiger partial charge on any atom is 0.335 e. The zero-order valence-corrected chi connectivity index (χ0v) is 11.0. The minimum atomic E-state index is -0.493. The van der Waals surface area contributed by atoms with E-state index in [0.29, 0.717) is 25.2 Å². The quantitative estimate of drug-likeness (QED) is 0.391. The van der Waals surface area contributed by atoms with Crippen molar-refractivity contribution in [1.29, 1.82) is 0 Å². The van der Waals surface area contributed by atoms with Gasteiger partial charge in [-0.3, -0.25) is 0 Å². The lowest BCUT2D eigenvalue weighted by Crippen LogP contribution is -2.53. The number of carbonyl (C=O) groups is 1. The molecule has 0 saturated carbocycles. The molecule has 1 fully saturated rings. The van der Waals surface area contributed by atoms with Crippen LogP contribution in [0.5, 0.6) is 0 Å². The van der Waals surface area contributed by atoms with Crippen LogP contribution in [-0.4, -0.2) is 31.1 Å². The minimum Gasteiger partial charge on any atom is -0.432 e. The second-order valence-corrected chi connectivity index (χ2v) is 4.55. The van der Waals surface area contributed by atoms with Crippen molar-refractivity contribution in [3.63, 3.8) is 0 Å². The highest BCUT2D eigenvalue weighted by atomic mass is 16.7. The normalized spacial score (nSPS) is 19.2. The van der Waals surface area contributed by atoms with Gasteiger partial charge >= 0.3 is 5.97 Å². The van der Waals surface area contributed by atoms with Crippen LogP contribution in [0.1, 0.15) is 40.0 Å². The Morgan fingerprint density at radius 1 is 1.47 bits per heavy atom. The number of hydrogen-bond donors (Lipinski definition) is 0. The van der Waals surface area contributed by atoms with Gasteiger partial charge in [0.1, 0.15) is 5.60 Å². The molecule has 17 heavy (non-hydrogen) atoms. The molecule has 1 atom stereocenters. The molecule has 1 unspecified atom stereocenters. The molecule has 0 spiro atoms. The predicted molar refractivity (Wildman–Crippen MR) is 64.5 cm³/mol. The lowest BCUT2D eigenvalue weighted by molar-refractivity contribution is -0.279. The number of ether oxygens (including phenoxy) is 3. The van der Waals surface area contributed by atoms with Crippen molar-refractivity contribution >= 4 is 5.97 Å². The number of esters is 1. The van der Waals surface area contributed by atoms with Gasteiger partial charge in [0.05, 0.1) is 13.2 Å². The van der Waals surface area contributed by atoms with E-state index in [1.54, 1.807) is 6.92 Å². The van der Waals surface area contributed by atoms with Crippen LogP contribution in [0, 0.1) is 0 Å². The minimum absolute atomic E-state index is 0.269. The van der Waals surface area contributed by atoms with Crippen LogP contribution in [0.2, 0.25) is 0 Å². The Morgan fingerprint density at radius 3 is 2.47 bits per heavy atom. The molecule has 0 bridgehead atoms. The zero-order valence-electron chi connectivity index (χ0n) is 11.0. The van der Waals surface area contributed by atoms with Crippen molar-refractivity contribution in [3.05, 3.63) is 12.2 Å². The second kappa shape index (κ2) is 6.17. The first-order valence-corrected chi connectivity index (χ1v) is 6.15. The summed E-state index contributed by atoms with van der Waals surface area (Å²) in [5, 5.41) is 0. The molecule has 1 aliphatic rings. The highest BCUT2D eigenvalue weighted by Crippen LogP contribution is 2.28. The van der Waals surface area contributed by atoms with E-state index in [1.807, 2.05) is 13.8 Å². The molecule has 98 valence electrons. The lowest BCUT2D eigenvalue weighted by atomic mass is 9.98. The summed E-state index contributed by atoms with van der Waals surface area (Å²) >= 11 is 0. The van der Waals surface area contributed by atoms with Gasteiger partial charge < -0.3 is 14.2 Å². The lowest BCUT2D eigenvalue weighted by Gasteiger charge is -2.42. The summed E-state index contributed by atoms with van der Waals surface area (Å²) in [5.74, 6) is -0.394. The summed E-state index contributed by atoms with van der Waals surface area (Å²) < 4.78 is 16.3. The molecule has 4 nitrogen and oxygen atoms in total. The van der Waals surface area contributed by atoms with E-state index >= 15 is 0 Å². The van der Waals surface area contributed by atoms with Gasteiger partial charge in [0, 0.05) is 12.0 Å². The Hall–Kier alpha value is -0.870. The van der Waals surface area contributed by atoms with Crippen LogP contribution in [0.3, 0.4) is 0 Å². The molecule has 0 aliphatic carbocycles. The molecule has 1 saturated heterocycles. The molecule has 0 aromatic rings. The zero-order chi connectivity index (χ0) is 12.9. The van der Waals surface area contributed by atoms with Gasteiger partial charge in [0.25, 0.3) is 0 Å². The van der Waals surface area contributed by atoms with Gasteiger partial charge in [-0.2, -0.15) is 0 Å². The van der Waals surface area contributed by atoms with Crippen LogP contribution in [0.4, 0.5) is 0 Å². The highest BCUT2D eigenvalue weighted by molar-refractivity contribution is 5.87. The Labute approximate surface area is 103 Å². The smallest absolute Gasteiger partial charge is 0.335 e. The Morgan fingerprint density at radius 2 is 2.12 bits per heavy atom. The average molecular weight is 242 g/mol. The molecule has 1 rings (SSSR count).